The number of aromatic nitrogens is 1. The highest BCUT2D eigenvalue weighted by Gasteiger charge is 2.23. The summed E-state index contributed by atoms with van der Waals surface area (Å²) in [4.78, 5) is 24.9. The van der Waals surface area contributed by atoms with Crippen LogP contribution in [0.2, 0.25) is 0 Å². The third kappa shape index (κ3) is 8.23. The van der Waals surface area contributed by atoms with E-state index in [0.29, 0.717) is 41.4 Å². The molecule has 5 rings (SSSR count). The summed E-state index contributed by atoms with van der Waals surface area (Å²) in [6.45, 7) is 5.99. The van der Waals surface area contributed by atoms with E-state index in [1.54, 1.807) is 63.2 Å². The van der Waals surface area contributed by atoms with Gasteiger partial charge >= 0.3 is 14.7 Å². The zero-order valence-corrected chi connectivity index (χ0v) is 25.5. The molecule has 1 amide bonds. The summed E-state index contributed by atoms with van der Waals surface area (Å²) < 4.78 is 30.9. The average Bonchev–Trinajstić information content (AvgIpc) is 3.39. The number of primary amides is 1. The van der Waals surface area contributed by atoms with Crippen molar-refractivity contribution in [1.82, 2.24) is 4.57 Å². The van der Waals surface area contributed by atoms with Gasteiger partial charge in [0.05, 0.1) is 24.3 Å². The lowest BCUT2D eigenvalue weighted by Gasteiger charge is -2.19. The summed E-state index contributed by atoms with van der Waals surface area (Å²) in [5.74, 6) is 0.862. The lowest BCUT2D eigenvalue weighted by molar-refractivity contribution is 0.0544. The van der Waals surface area contributed by atoms with Gasteiger partial charge in [-0.15, -0.1) is 0 Å². The van der Waals surface area contributed by atoms with Gasteiger partial charge in [-0.1, -0.05) is 60.7 Å². The van der Waals surface area contributed by atoms with Gasteiger partial charge in [-0.2, -0.15) is 0 Å². The Labute approximate surface area is 257 Å². The highest BCUT2D eigenvalue weighted by Crippen LogP contribution is 2.43. The largest absolute Gasteiger partial charge is 0.457 e. The Morgan fingerprint density at radius 3 is 1.84 bits per heavy atom. The minimum Gasteiger partial charge on any atom is -0.457 e. The summed E-state index contributed by atoms with van der Waals surface area (Å²) in [5, 5.41) is 0.470. The second kappa shape index (κ2) is 13.7. The van der Waals surface area contributed by atoms with E-state index in [-0.39, 0.29) is 5.56 Å². The maximum absolute atomic E-state index is 12.7. The topological polar surface area (TPSA) is 111 Å². The molecule has 0 aliphatic heterocycles. The number of rotatable bonds is 11. The molecule has 0 atom stereocenters. The van der Waals surface area contributed by atoms with Crippen LogP contribution in [0.25, 0.3) is 10.9 Å². The van der Waals surface area contributed by atoms with Gasteiger partial charge in [-0.25, -0.2) is 4.79 Å². The molecule has 9 nitrogen and oxygen atoms in total. The number of hydrogen-bond donors (Lipinski definition) is 1. The van der Waals surface area contributed by atoms with Crippen LogP contribution in [-0.4, -0.2) is 22.2 Å². The fourth-order valence-corrected chi connectivity index (χ4v) is 5.20. The standard InChI is InChI=1S/C34H33N2O7P/c1-34(2,3)42-33(38)36-21-30(32(35)37)29-20-28(18-19-31(29)36)41-26-14-16-27(17-15-26)43-44(39-22-24-10-6-4-7-11-24)40-23-25-12-8-5-9-13-25/h4-21H,22-23H2,1-3H3,(H2,35,37). The van der Waals surface area contributed by atoms with E-state index in [9.17, 15) is 9.59 Å². The molecule has 0 aliphatic rings. The first-order valence-electron chi connectivity index (χ1n) is 13.9. The molecule has 0 bridgehead atoms. The molecular formula is C34H33N2O7P. The molecular weight excluding hydrogens is 579 g/mol. The van der Waals surface area contributed by atoms with Crippen LogP contribution < -0.4 is 15.0 Å². The molecule has 0 aliphatic carbocycles. The molecule has 4 aromatic carbocycles. The number of nitrogens with two attached hydrogens (primary N) is 1. The van der Waals surface area contributed by atoms with E-state index >= 15 is 0 Å². The summed E-state index contributed by atoms with van der Waals surface area (Å²) in [6.07, 6.45) is 0.773. The van der Waals surface area contributed by atoms with Gasteiger partial charge in [-0.05, 0) is 74.4 Å². The Bertz CT molecular complexity index is 1670. The SMILES string of the molecule is CC(C)(C)OC(=O)n1cc(C(N)=O)c2cc(Oc3ccc(OP(OCc4ccccc4)OCc4ccccc4)cc3)ccc21. The predicted octanol–water partition coefficient (Wildman–Crippen LogP) is 8.36. The molecule has 0 spiro atoms. The zero-order valence-electron chi connectivity index (χ0n) is 24.6. The van der Waals surface area contributed by atoms with Crippen molar-refractivity contribution in [2.75, 3.05) is 0 Å². The van der Waals surface area contributed by atoms with Gasteiger partial charge in [0, 0.05) is 11.6 Å². The number of amides is 1. The van der Waals surface area contributed by atoms with E-state index < -0.39 is 26.2 Å². The first-order valence-corrected chi connectivity index (χ1v) is 15.0. The molecule has 1 aromatic heterocycles. The number of fused-ring (bicyclic) bond motifs is 1. The normalized spacial score (nSPS) is 11.5. The van der Waals surface area contributed by atoms with E-state index in [4.69, 9.17) is 28.8 Å². The summed E-state index contributed by atoms with van der Waals surface area (Å²) in [6, 6.07) is 31.7. The third-order valence-electron chi connectivity index (χ3n) is 6.23. The first kappa shape index (κ1) is 30.8. The van der Waals surface area contributed by atoms with Crippen molar-refractivity contribution in [3.05, 3.63) is 126 Å². The van der Waals surface area contributed by atoms with Gasteiger partial charge in [0.2, 0.25) is 0 Å². The van der Waals surface area contributed by atoms with Crippen molar-refractivity contribution in [2.24, 2.45) is 5.73 Å². The molecule has 44 heavy (non-hydrogen) atoms. The molecule has 5 aromatic rings. The second-order valence-electron chi connectivity index (χ2n) is 10.8. The Kier molecular flexibility index (Phi) is 9.60. The van der Waals surface area contributed by atoms with Crippen molar-refractivity contribution >= 4 is 31.5 Å². The lowest BCUT2D eigenvalue weighted by Crippen LogP contribution is -2.26. The average molecular weight is 613 g/mol. The second-order valence-corrected chi connectivity index (χ2v) is 12.0. The van der Waals surface area contributed by atoms with Crippen LogP contribution >= 0.6 is 8.60 Å². The Morgan fingerprint density at radius 1 is 0.750 bits per heavy atom. The van der Waals surface area contributed by atoms with E-state index in [2.05, 4.69) is 0 Å². The van der Waals surface area contributed by atoms with Crippen molar-refractivity contribution < 1.29 is 32.6 Å². The fraction of sp³-hybridized carbons (Fsp3) is 0.176. The number of ether oxygens (including phenoxy) is 2. The minimum atomic E-state index is -1.71. The molecule has 226 valence electrons. The van der Waals surface area contributed by atoms with Crippen molar-refractivity contribution in [2.45, 2.75) is 39.6 Å². The maximum atomic E-state index is 12.7. The Morgan fingerprint density at radius 2 is 1.30 bits per heavy atom. The fourth-order valence-electron chi connectivity index (χ4n) is 4.21. The van der Waals surface area contributed by atoms with Crippen LogP contribution in [0.5, 0.6) is 17.2 Å². The first-order chi connectivity index (χ1) is 21.1. The highest BCUT2D eigenvalue weighted by molar-refractivity contribution is 7.42. The Hall–Kier alpha value is -4.69. The van der Waals surface area contributed by atoms with E-state index in [1.807, 2.05) is 60.7 Å². The molecule has 0 radical (unpaired) electrons. The van der Waals surface area contributed by atoms with Gasteiger partial charge in [0.1, 0.15) is 22.8 Å². The van der Waals surface area contributed by atoms with Crippen molar-refractivity contribution in [3.8, 4) is 17.2 Å². The third-order valence-corrected chi connectivity index (χ3v) is 7.27. The van der Waals surface area contributed by atoms with Crippen molar-refractivity contribution in [3.63, 3.8) is 0 Å². The van der Waals surface area contributed by atoms with Gasteiger partial charge in [0.25, 0.3) is 5.91 Å². The molecule has 0 saturated heterocycles. The summed E-state index contributed by atoms with van der Waals surface area (Å²) in [5.41, 5.74) is 7.58. The van der Waals surface area contributed by atoms with Crippen LogP contribution in [0.3, 0.4) is 0 Å². The Balaban J connectivity index is 1.29. The number of benzene rings is 4. The van der Waals surface area contributed by atoms with E-state index in [0.717, 1.165) is 11.1 Å². The van der Waals surface area contributed by atoms with Crippen LogP contribution in [0.15, 0.2) is 109 Å². The van der Waals surface area contributed by atoms with Gasteiger partial charge < -0.3 is 19.7 Å². The molecule has 1 heterocycles. The molecule has 2 N–H and O–H groups in total. The lowest BCUT2D eigenvalue weighted by atomic mass is 10.1. The zero-order chi connectivity index (χ0) is 31.1. The number of carbonyl (C=O) groups is 2. The van der Waals surface area contributed by atoms with Crippen LogP contribution in [0.4, 0.5) is 4.79 Å². The molecule has 10 heteroatoms. The van der Waals surface area contributed by atoms with Gasteiger partial charge in [0.15, 0.2) is 0 Å². The molecule has 0 fully saturated rings. The maximum Gasteiger partial charge on any atom is 0.419 e. The summed E-state index contributed by atoms with van der Waals surface area (Å²) in [7, 11) is -1.71. The van der Waals surface area contributed by atoms with E-state index in [1.165, 1.54) is 10.8 Å². The summed E-state index contributed by atoms with van der Waals surface area (Å²) >= 11 is 0. The smallest absolute Gasteiger partial charge is 0.419 e. The van der Waals surface area contributed by atoms with Crippen LogP contribution in [0.1, 0.15) is 42.3 Å². The number of carbonyl (C=O) groups excluding carboxylic acids is 2. The molecule has 0 saturated carbocycles. The van der Waals surface area contributed by atoms with Crippen LogP contribution in [0, 0.1) is 0 Å². The monoisotopic (exact) mass is 612 g/mol. The van der Waals surface area contributed by atoms with Crippen LogP contribution in [-0.2, 0) is 27.0 Å². The number of nitrogens with zero attached hydrogens (tertiary/aromatic N) is 1. The molecule has 0 unspecified atom stereocenters. The van der Waals surface area contributed by atoms with Crippen molar-refractivity contribution in [1.29, 1.82) is 0 Å². The predicted molar refractivity (Wildman–Crippen MR) is 169 cm³/mol. The highest BCUT2D eigenvalue weighted by atomic mass is 31.2. The van der Waals surface area contributed by atoms with Gasteiger partial charge in [-0.3, -0.25) is 18.4 Å². The quantitative estimate of drug-likeness (QED) is 0.149. The minimum absolute atomic E-state index is 0.180. The number of hydrogen-bond acceptors (Lipinski definition) is 7.